The summed E-state index contributed by atoms with van der Waals surface area (Å²) in [5.41, 5.74) is 5.94. The lowest BCUT2D eigenvalue weighted by molar-refractivity contribution is -0.0816. The highest BCUT2D eigenvalue weighted by Crippen LogP contribution is 2.22. The molecule has 0 saturated heterocycles. The van der Waals surface area contributed by atoms with E-state index in [4.69, 9.17) is 15.2 Å². The van der Waals surface area contributed by atoms with Gasteiger partial charge in [-0.25, -0.2) is 0 Å². The molecule has 0 aromatic carbocycles. The Morgan fingerprint density at radius 1 is 1.33 bits per heavy atom. The summed E-state index contributed by atoms with van der Waals surface area (Å²) in [5.74, 6) is 0. The lowest BCUT2D eigenvalue weighted by Gasteiger charge is -2.34. The fourth-order valence-electron chi connectivity index (χ4n) is 1.37. The van der Waals surface area contributed by atoms with Crippen molar-refractivity contribution in [3.05, 3.63) is 0 Å². The molecule has 3 atom stereocenters. The first-order chi connectivity index (χ1) is 6.82. The molecule has 0 saturated carbocycles. The van der Waals surface area contributed by atoms with Crippen molar-refractivity contribution in [2.24, 2.45) is 11.1 Å². The summed E-state index contributed by atoms with van der Waals surface area (Å²) in [6.45, 7) is 8.45. The van der Waals surface area contributed by atoms with Crippen molar-refractivity contribution in [1.29, 1.82) is 0 Å². The molecule has 3 N–H and O–H groups in total. The molecule has 0 spiro atoms. The fraction of sp³-hybridized carbons (Fsp3) is 1.00. The second kappa shape index (κ2) is 6.43. The van der Waals surface area contributed by atoms with Gasteiger partial charge < -0.3 is 20.3 Å². The second-order valence-corrected chi connectivity index (χ2v) is 5.01. The number of aliphatic hydroxyl groups is 1. The summed E-state index contributed by atoms with van der Waals surface area (Å²) in [7, 11) is 1.62. The van der Waals surface area contributed by atoms with Gasteiger partial charge in [0.1, 0.15) is 0 Å². The van der Waals surface area contributed by atoms with Gasteiger partial charge in [0.15, 0.2) is 0 Å². The summed E-state index contributed by atoms with van der Waals surface area (Å²) in [6, 6.07) is -0.193. The molecular weight excluding hydrogens is 194 g/mol. The molecule has 0 aromatic heterocycles. The zero-order chi connectivity index (χ0) is 12.1. The Bertz CT molecular complexity index is 168. The molecule has 0 radical (unpaired) electrons. The lowest BCUT2D eigenvalue weighted by atomic mass is 9.84. The van der Waals surface area contributed by atoms with Crippen molar-refractivity contribution in [2.75, 3.05) is 20.3 Å². The van der Waals surface area contributed by atoms with Gasteiger partial charge in [-0.1, -0.05) is 20.8 Å². The fourth-order valence-corrected chi connectivity index (χ4v) is 1.37. The molecule has 0 bridgehead atoms. The third-order valence-corrected chi connectivity index (χ3v) is 2.39. The Hall–Kier alpha value is -0.160. The maximum Gasteiger partial charge on any atom is 0.0965 e. The SMILES string of the molecule is COCC(C)OC(CO)C(N)C(C)(C)C. The molecule has 0 aliphatic rings. The van der Waals surface area contributed by atoms with Gasteiger partial charge >= 0.3 is 0 Å². The third-order valence-electron chi connectivity index (χ3n) is 2.39. The monoisotopic (exact) mass is 219 g/mol. The second-order valence-electron chi connectivity index (χ2n) is 5.01. The molecule has 0 heterocycles. The van der Waals surface area contributed by atoms with Crippen molar-refractivity contribution in [3.8, 4) is 0 Å². The maximum absolute atomic E-state index is 9.23. The Kier molecular flexibility index (Phi) is 6.36. The van der Waals surface area contributed by atoms with Gasteiger partial charge in [0.05, 0.1) is 25.4 Å². The van der Waals surface area contributed by atoms with Gasteiger partial charge in [0.2, 0.25) is 0 Å². The minimum Gasteiger partial charge on any atom is -0.394 e. The highest BCUT2D eigenvalue weighted by Gasteiger charge is 2.30. The first-order valence-electron chi connectivity index (χ1n) is 5.33. The molecule has 0 aliphatic carbocycles. The number of nitrogens with two attached hydrogens (primary N) is 1. The Morgan fingerprint density at radius 2 is 1.87 bits per heavy atom. The number of methoxy groups -OCH3 is 1. The predicted molar refractivity (Wildman–Crippen MR) is 60.7 cm³/mol. The van der Waals surface area contributed by atoms with E-state index in [0.717, 1.165) is 0 Å². The molecular formula is C11H25NO3. The van der Waals surface area contributed by atoms with E-state index in [2.05, 4.69) is 0 Å². The average Bonchev–Trinajstić information content (AvgIpc) is 2.12. The van der Waals surface area contributed by atoms with E-state index in [1.54, 1.807) is 7.11 Å². The summed E-state index contributed by atoms with van der Waals surface area (Å²) >= 11 is 0. The minimum absolute atomic E-state index is 0.0550. The van der Waals surface area contributed by atoms with Crippen molar-refractivity contribution in [3.63, 3.8) is 0 Å². The van der Waals surface area contributed by atoms with Crippen LogP contribution < -0.4 is 5.73 Å². The van der Waals surface area contributed by atoms with E-state index in [1.165, 1.54) is 0 Å². The molecule has 0 aromatic rings. The zero-order valence-corrected chi connectivity index (χ0v) is 10.5. The van der Waals surface area contributed by atoms with Crippen LogP contribution in [0.5, 0.6) is 0 Å². The van der Waals surface area contributed by atoms with E-state index >= 15 is 0 Å². The quantitative estimate of drug-likeness (QED) is 0.692. The van der Waals surface area contributed by atoms with Crippen LogP contribution in [0.2, 0.25) is 0 Å². The Balaban J connectivity index is 4.24. The van der Waals surface area contributed by atoms with E-state index in [0.29, 0.717) is 6.61 Å². The average molecular weight is 219 g/mol. The molecule has 92 valence electrons. The van der Waals surface area contributed by atoms with Crippen LogP contribution in [-0.4, -0.2) is 43.7 Å². The van der Waals surface area contributed by atoms with E-state index in [9.17, 15) is 5.11 Å². The summed E-state index contributed by atoms with van der Waals surface area (Å²) < 4.78 is 10.6. The number of aliphatic hydroxyl groups excluding tert-OH is 1. The molecule has 0 amide bonds. The van der Waals surface area contributed by atoms with Crippen LogP contribution in [0.1, 0.15) is 27.7 Å². The van der Waals surface area contributed by atoms with Crippen LogP contribution in [0.3, 0.4) is 0 Å². The van der Waals surface area contributed by atoms with Gasteiger partial charge in [-0.05, 0) is 12.3 Å². The zero-order valence-electron chi connectivity index (χ0n) is 10.5. The van der Waals surface area contributed by atoms with Crippen molar-refractivity contribution in [1.82, 2.24) is 0 Å². The number of hydrogen-bond acceptors (Lipinski definition) is 4. The van der Waals surface area contributed by atoms with Crippen LogP contribution in [0, 0.1) is 5.41 Å². The van der Waals surface area contributed by atoms with Crippen molar-refractivity contribution < 1.29 is 14.6 Å². The smallest absolute Gasteiger partial charge is 0.0965 e. The molecule has 15 heavy (non-hydrogen) atoms. The highest BCUT2D eigenvalue weighted by atomic mass is 16.5. The molecule has 3 unspecified atom stereocenters. The van der Waals surface area contributed by atoms with Crippen LogP contribution >= 0.6 is 0 Å². The standard InChI is InChI=1S/C11H25NO3/c1-8(7-14-5)15-9(6-13)10(12)11(2,3)4/h8-10,13H,6-7,12H2,1-5H3. The van der Waals surface area contributed by atoms with Gasteiger partial charge in [0, 0.05) is 13.2 Å². The Labute approximate surface area is 92.7 Å². The van der Waals surface area contributed by atoms with E-state index < -0.39 is 0 Å². The van der Waals surface area contributed by atoms with Crippen LogP contribution in [0.25, 0.3) is 0 Å². The largest absolute Gasteiger partial charge is 0.394 e. The first-order valence-corrected chi connectivity index (χ1v) is 5.33. The van der Waals surface area contributed by atoms with Crippen LogP contribution in [-0.2, 0) is 9.47 Å². The van der Waals surface area contributed by atoms with Crippen molar-refractivity contribution >= 4 is 0 Å². The summed E-state index contributed by atoms with van der Waals surface area (Å²) in [4.78, 5) is 0. The topological polar surface area (TPSA) is 64.7 Å². The Morgan fingerprint density at radius 3 is 2.20 bits per heavy atom. The van der Waals surface area contributed by atoms with Crippen molar-refractivity contribution in [2.45, 2.75) is 45.9 Å². The number of ether oxygens (including phenoxy) is 2. The van der Waals surface area contributed by atoms with Gasteiger partial charge in [0.25, 0.3) is 0 Å². The molecule has 0 aliphatic heterocycles. The van der Waals surface area contributed by atoms with Gasteiger partial charge in [-0.2, -0.15) is 0 Å². The number of rotatable bonds is 6. The predicted octanol–water partition coefficient (Wildman–Crippen LogP) is 0.772. The van der Waals surface area contributed by atoms with Crippen LogP contribution in [0.4, 0.5) is 0 Å². The molecule has 0 fully saturated rings. The first kappa shape index (κ1) is 14.8. The molecule has 4 heteroatoms. The maximum atomic E-state index is 9.23. The summed E-state index contributed by atoms with van der Waals surface area (Å²) in [5, 5.41) is 9.23. The lowest BCUT2D eigenvalue weighted by Crippen LogP contribution is -2.49. The van der Waals surface area contributed by atoms with Gasteiger partial charge in [-0.3, -0.25) is 0 Å². The third kappa shape index (κ3) is 5.47. The van der Waals surface area contributed by atoms with Gasteiger partial charge in [-0.15, -0.1) is 0 Å². The number of hydrogen-bond donors (Lipinski definition) is 2. The highest BCUT2D eigenvalue weighted by molar-refractivity contribution is 4.84. The van der Waals surface area contributed by atoms with E-state index in [-0.39, 0.29) is 30.3 Å². The van der Waals surface area contributed by atoms with Crippen LogP contribution in [0.15, 0.2) is 0 Å². The normalized spacial score (nSPS) is 18.6. The van der Waals surface area contributed by atoms with E-state index in [1.807, 2.05) is 27.7 Å². The minimum atomic E-state index is -0.338. The summed E-state index contributed by atoms with van der Waals surface area (Å²) in [6.07, 6.45) is -0.393. The molecule has 4 nitrogen and oxygen atoms in total. The molecule has 0 rings (SSSR count).